The van der Waals surface area contributed by atoms with Crippen molar-refractivity contribution in [2.45, 2.75) is 13.8 Å². The van der Waals surface area contributed by atoms with Gasteiger partial charge in [0.25, 0.3) is 0 Å². The van der Waals surface area contributed by atoms with Crippen LogP contribution in [0.5, 0.6) is 0 Å². The normalized spacial score (nSPS) is 14.1. The third-order valence-electron chi connectivity index (χ3n) is 3.55. The molecule has 1 N–H and O–H groups in total. The fraction of sp³-hybridized carbons (Fsp3) is 0.125. The molecule has 110 valence electrons. The van der Waals surface area contributed by atoms with E-state index < -0.39 is 0 Å². The van der Waals surface area contributed by atoms with E-state index in [9.17, 15) is 9.59 Å². The second-order valence-electron chi connectivity index (χ2n) is 5.02. The number of rotatable bonds is 2. The number of Topliss-reactive ketones (excluding diaryl/α,β-unsaturated/α-hetero) is 2. The topological polar surface area (TPSA) is 72.0 Å². The number of hydrogen-bond acceptors (Lipinski definition) is 5. The molecule has 1 aromatic heterocycles. The molecule has 0 atom stereocenters. The summed E-state index contributed by atoms with van der Waals surface area (Å²) in [6.07, 6.45) is 2.63. The quantitative estimate of drug-likeness (QED) is 0.893. The zero-order valence-corrected chi connectivity index (χ0v) is 13.6. The van der Waals surface area contributed by atoms with Gasteiger partial charge in [0.05, 0.1) is 10.0 Å². The molecule has 0 aliphatic heterocycles. The number of halogens is 1. The van der Waals surface area contributed by atoms with E-state index in [1.807, 2.05) is 32.0 Å². The largest absolute Gasteiger partial charge is 0.351 e. The summed E-state index contributed by atoms with van der Waals surface area (Å²) in [7, 11) is 0. The smallest absolute Gasteiger partial charge is 0.221 e. The first-order valence-electron chi connectivity index (χ1n) is 6.63. The lowest BCUT2D eigenvalue weighted by Crippen LogP contribution is -2.25. The van der Waals surface area contributed by atoms with Gasteiger partial charge in [-0.25, -0.2) is 9.97 Å². The van der Waals surface area contributed by atoms with E-state index in [1.165, 1.54) is 12.5 Å². The van der Waals surface area contributed by atoms with Crippen LogP contribution in [0, 0.1) is 13.8 Å². The van der Waals surface area contributed by atoms with Gasteiger partial charge in [-0.05, 0) is 40.9 Å². The average molecular weight is 358 g/mol. The Morgan fingerprint density at radius 2 is 1.77 bits per heavy atom. The lowest BCUT2D eigenvalue weighted by molar-refractivity contribution is 0.0979. The van der Waals surface area contributed by atoms with Gasteiger partial charge in [-0.3, -0.25) is 9.59 Å². The number of allylic oxidation sites excluding steroid dienone is 2. The first-order chi connectivity index (χ1) is 10.5. The fourth-order valence-corrected chi connectivity index (χ4v) is 2.84. The zero-order chi connectivity index (χ0) is 15.9. The molecule has 1 aliphatic rings. The van der Waals surface area contributed by atoms with Crippen molar-refractivity contribution in [1.82, 2.24) is 9.97 Å². The molecule has 0 fully saturated rings. The van der Waals surface area contributed by atoms with Gasteiger partial charge in [0.2, 0.25) is 11.6 Å². The van der Waals surface area contributed by atoms with Crippen molar-refractivity contribution in [3.05, 3.63) is 63.3 Å². The molecule has 1 heterocycles. The van der Waals surface area contributed by atoms with E-state index >= 15 is 0 Å². The summed E-state index contributed by atoms with van der Waals surface area (Å²) in [5.74, 6) is -0.629. The number of fused-ring (bicyclic) bond motifs is 1. The van der Waals surface area contributed by atoms with Crippen LogP contribution in [-0.2, 0) is 0 Å². The van der Waals surface area contributed by atoms with Crippen LogP contribution < -0.4 is 5.32 Å². The molecule has 0 saturated carbocycles. The van der Waals surface area contributed by atoms with Gasteiger partial charge < -0.3 is 5.32 Å². The molecule has 0 unspecified atom stereocenters. The molecule has 3 rings (SSSR count). The van der Waals surface area contributed by atoms with E-state index in [0.29, 0.717) is 0 Å². The Balaban J connectivity index is 2.10. The summed E-state index contributed by atoms with van der Waals surface area (Å²) in [5.41, 5.74) is 3.34. The highest BCUT2D eigenvalue weighted by Crippen LogP contribution is 2.30. The lowest BCUT2D eigenvalue weighted by atomic mass is 9.97. The first-order valence-corrected chi connectivity index (χ1v) is 7.42. The molecular weight excluding hydrogens is 346 g/mol. The van der Waals surface area contributed by atoms with Crippen LogP contribution >= 0.6 is 15.9 Å². The molecule has 2 aromatic rings. The van der Waals surface area contributed by atoms with Crippen molar-refractivity contribution < 1.29 is 9.59 Å². The Hall–Kier alpha value is -2.34. The fourth-order valence-electron chi connectivity index (χ4n) is 2.38. The molecular formula is C16H12BrN3O2. The number of carbonyl (C=O) groups is 2. The van der Waals surface area contributed by atoms with Crippen molar-refractivity contribution >= 4 is 33.2 Å². The number of ketones is 2. The number of nitrogens with one attached hydrogen (secondary N) is 1. The highest BCUT2D eigenvalue weighted by atomic mass is 79.9. The van der Waals surface area contributed by atoms with Gasteiger partial charge in [0, 0.05) is 11.9 Å². The van der Waals surface area contributed by atoms with Crippen LogP contribution in [0.25, 0.3) is 0 Å². The Morgan fingerprint density at radius 3 is 2.45 bits per heavy atom. The predicted molar refractivity (Wildman–Crippen MR) is 86.2 cm³/mol. The number of para-hydroxylation sites is 1. The van der Waals surface area contributed by atoms with Crippen LogP contribution in [0.1, 0.15) is 32.0 Å². The Labute approximate surface area is 135 Å². The maximum Gasteiger partial charge on any atom is 0.221 e. The van der Waals surface area contributed by atoms with Gasteiger partial charge >= 0.3 is 0 Å². The third-order valence-corrected chi connectivity index (χ3v) is 4.31. The van der Waals surface area contributed by atoms with Crippen LogP contribution in [0.2, 0.25) is 0 Å². The van der Waals surface area contributed by atoms with Crippen molar-refractivity contribution in [3.8, 4) is 0 Å². The summed E-state index contributed by atoms with van der Waals surface area (Å²) >= 11 is 3.22. The number of anilines is 1. The molecule has 22 heavy (non-hydrogen) atoms. The van der Waals surface area contributed by atoms with Crippen LogP contribution in [-0.4, -0.2) is 21.5 Å². The third kappa shape index (κ3) is 2.25. The maximum absolute atomic E-state index is 12.6. The number of aryl methyl sites for hydroxylation is 2. The number of nitrogens with zero attached hydrogens (tertiary/aromatic N) is 2. The number of carbonyl (C=O) groups excluding carboxylic acids is 2. The summed E-state index contributed by atoms with van der Waals surface area (Å²) in [6.45, 7) is 3.88. The van der Waals surface area contributed by atoms with Crippen molar-refractivity contribution in [3.63, 3.8) is 0 Å². The van der Waals surface area contributed by atoms with Crippen LogP contribution in [0.4, 0.5) is 5.69 Å². The second-order valence-corrected chi connectivity index (χ2v) is 5.82. The van der Waals surface area contributed by atoms with Gasteiger partial charge in [-0.2, -0.15) is 0 Å². The number of hydrogen-bond donors (Lipinski definition) is 1. The van der Waals surface area contributed by atoms with E-state index in [4.69, 9.17) is 0 Å². The molecule has 5 nitrogen and oxygen atoms in total. The Bertz CT molecular complexity index is 823. The van der Waals surface area contributed by atoms with Gasteiger partial charge in [0.15, 0.2) is 0 Å². The summed E-state index contributed by atoms with van der Waals surface area (Å²) in [5, 5.41) is 3.10. The van der Waals surface area contributed by atoms with Crippen LogP contribution in [0.15, 0.2) is 40.9 Å². The number of aromatic nitrogens is 2. The predicted octanol–water partition coefficient (Wildman–Crippen LogP) is 3.19. The molecule has 0 bridgehead atoms. The molecule has 0 saturated heterocycles. The van der Waals surface area contributed by atoms with E-state index in [0.717, 1.165) is 16.8 Å². The van der Waals surface area contributed by atoms with E-state index in [2.05, 4.69) is 31.2 Å². The summed E-state index contributed by atoms with van der Waals surface area (Å²) < 4.78 is 0.186. The van der Waals surface area contributed by atoms with Crippen molar-refractivity contribution in [1.29, 1.82) is 0 Å². The van der Waals surface area contributed by atoms with E-state index in [-0.39, 0.29) is 33.0 Å². The SMILES string of the molecule is Cc1cccc(C)c1NC1=C(Br)C(=O)c2ncncc2C1=O. The monoisotopic (exact) mass is 357 g/mol. The lowest BCUT2D eigenvalue weighted by Gasteiger charge is -2.20. The second kappa shape index (κ2) is 5.46. The minimum Gasteiger partial charge on any atom is -0.351 e. The minimum atomic E-state index is -0.328. The molecule has 0 radical (unpaired) electrons. The van der Waals surface area contributed by atoms with Crippen molar-refractivity contribution in [2.75, 3.05) is 5.32 Å². The highest BCUT2D eigenvalue weighted by Gasteiger charge is 2.32. The zero-order valence-electron chi connectivity index (χ0n) is 12.0. The summed E-state index contributed by atoms with van der Waals surface area (Å²) in [6, 6.07) is 5.82. The van der Waals surface area contributed by atoms with Gasteiger partial charge in [-0.15, -0.1) is 0 Å². The van der Waals surface area contributed by atoms with Crippen LogP contribution in [0.3, 0.4) is 0 Å². The molecule has 1 aromatic carbocycles. The Kier molecular flexibility index (Phi) is 3.62. The average Bonchev–Trinajstić information content (AvgIpc) is 2.52. The minimum absolute atomic E-state index is 0.124. The Morgan fingerprint density at radius 1 is 1.09 bits per heavy atom. The first kappa shape index (κ1) is 14.6. The number of benzene rings is 1. The van der Waals surface area contributed by atoms with E-state index in [1.54, 1.807) is 0 Å². The standard InChI is InChI=1S/C16H12BrN3O2/c1-8-4-3-5-9(2)12(8)20-14-11(17)16(22)13-10(15(14)21)6-18-7-19-13/h3-7,20H,1-2H3. The molecule has 6 heteroatoms. The van der Waals surface area contributed by atoms with Gasteiger partial charge in [0.1, 0.15) is 17.7 Å². The summed E-state index contributed by atoms with van der Waals surface area (Å²) in [4.78, 5) is 32.7. The molecule has 0 spiro atoms. The maximum atomic E-state index is 12.6. The van der Waals surface area contributed by atoms with Gasteiger partial charge in [-0.1, -0.05) is 18.2 Å². The highest BCUT2D eigenvalue weighted by molar-refractivity contribution is 9.12. The molecule has 1 aliphatic carbocycles. The molecule has 0 amide bonds. The van der Waals surface area contributed by atoms with Crippen molar-refractivity contribution in [2.24, 2.45) is 0 Å².